The van der Waals surface area contributed by atoms with Gasteiger partial charge in [-0.05, 0) is 37.5 Å². The number of nitrogens with one attached hydrogen (secondary N) is 1. The van der Waals surface area contributed by atoms with Crippen LogP contribution in [0, 0.1) is 0 Å². The molecule has 1 aromatic carbocycles. The van der Waals surface area contributed by atoms with Crippen LogP contribution in [-0.2, 0) is 4.79 Å². The lowest BCUT2D eigenvalue weighted by Crippen LogP contribution is -2.39. The number of amides is 1. The highest BCUT2D eigenvalue weighted by Gasteiger charge is 2.31. The van der Waals surface area contributed by atoms with E-state index in [1.54, 1.807) is 17.1 Å². The van der Waals surface area contributed by atoms with Crippen LogP contribution in [0.15, 0.2) is 36.7 Å². The molecule has 128 valence electrons. The van der Waals surface area contributed by atoms with E-state index >= 15 is 0 Å². The molecule has 6 nitrogen and oxygen atoms in total. The van der Waals surface area contributed by atoms with E-state index in [1.807, 2.05) is 31.2 Å². The molecule has 1 aromatic heterocycles. The topological polar surface area (TPSA) is 80.0 Å². The lowest BCUT2D eigenvalue weighted by molar-refractivity contribution is -0.128. The third kappa shape index (κ3) is 4.00. The van der Waals surface area contributed by atoms with Crippen LogP contribution in [0.5, 0.6) is 0 Å². The van der Waals surface area contributed by atoms with E-state index in [9.17, 15) is 9.90 Å². The molecular weight excluding hydrogens is 304 g/mol. The highest BCUT2D eigenvalue weighted by molar-refractivity contribution is 5.77. The summed E-state index contributed by atoms with van der Waals surface area (Å²) in [6.07, 6.45) is 8.21. The van der Waals surface area contributed by atoms with Gasteiger partial charge in [0, 0.05) is 0 Å². The fourth-order valence-corrected chi connectivity index (χ4v) is 3.32. The van der Waals surface area contributed by atoms with Gasteiger partial charge in [0.15, 0.2) is 0 Å². The fraction of sp³-hybridized carbons (Fsp3) is 0.500. The molecule has 0 saturated heterocycles. The minimum Gasteiger partial charge on any atom is -0.389 e. The largest absolute Gasteiger partial charge is 0.389 e. The van der Waals surface area contributed by atoms with Crippen molar-refractivity contribution >= 4 is 5.91 Å². The van der Waals surface area contributed by atoms with Gasteiger partial charge in [0.1, 0.15) is 0 Å². The Kier molecular flexibility index (Phi) is 4.94. The van der Waals surface area contributed by atoms with Crippen LogP contribution in [0.4, 0.5) is 0 Å². The molecule has 1 atom stereocenters. The lowest BCUT2D eigenvalue weighted by Gasteiger charge is -2.31. The van der Waals surface area contributed by atoms with Crippen molar-refractivity contribution in [2.75, 3.05) is 0 Å². The van der Waals surface area contributed by atoms with Crippen molar-refractivity contribution in [3.63, 3.8) is 0 Å². The number of nitrogens with zero attached hydrogens (tertiary/aromatic N) is 3. The molecule has 0 radical (unpaired) electrons. The summed E-state index contributed by atoms with van der Waals surface area (Å²) >= 11 is 0. The number of aromatic nitrogens is 3. The second-order valence-corrected chi connectivity index (χ2v) is 6.69. The quantitative estimate of drug-likeness (QED) is 0.884. The van der Waals surface area contributed by atoms with Crippen LogP contribution in [0.2, 0.25) is 0 Å². The molecule has 1 amide bonds. The predicted molar refractivity (Wildman–Crippen MR) is 90.6 cm³/mol. The second-order valence-electron chi connectivity index (χ2n) is 6.69. The van der Waals surface area contributed by atoms with E-state index in [2.05, 4.69) is 15.6 Å². The van der Waals surface area contributed by atoms with Gasteiger partial charge in [0.25, 0.3) is 0 Å². The molecule has 1 unspecified atom stereocenters. The zero-order chi connectivity index (χ0) is 17.0. The molecule has 2 N–H and O–H groups in total. The van der Waals surface area contributed by atoms with Gasteiger partial charge >= 0.3 is 0 Å². The highest BCUT2D eigenvalue weighted by atomic mass is 16.3. The van der Waals surface area contributed by atoms with E-state index in [0.29, 0.717) is 0 Å². The molecule has 1 aliphatic carbocycles. The minimum atomic E-state index is -0.820. The number of rotatable bonds is 5. The molecule has 24 heavy (non-hydrogen) atoms. The van der Waals surface area contributed by atoms with Crippen molar-refractivity contribution < 1.29 is 9.90 Å². The van der Waals surface area contributed by atoms with Gasteiger partial charge in [-0.2, -0.15) is 0 Å². The van der Waals surface area contributed by atoms with Crippen molar-refractivity contribution in [1.29, 1.82) is 0 Å². The second kappa shape index (κ2) is 7.13. The Bertz CT molecular complexity index is 661. The van der Waals surface area contributed by atoms with Crippen molar-refractivity contribution in [2.45, 2.75) is 57.1 Å². The van der Waals surface area contributed by atoms with Crippen LogP contribution in [0.25, 0.3) is 5.69 Å². The molecule has 6 heteroatoms. The molecule has 0 aliphatic heterocycles. The Morgan fingerprint density at radius 1 is 1.29 bits per heavy atom. The molecule has 1 aliphatic rings. The van der Waals surface area contributed by atoms with E-state index in [1.165, 1.54) is 0 Å². The van der Waals surface area contributed by atoms with Crippen LogP contribution in [0.3, 0.4) is 0 Å². The number of carbonyl (C=O) groups excluding carboxylic acids is 1. The Morgan fingerprint density at radius 3 is 2.62 bits per heavy atom. The summed E-state index contributed by atoms with van der Waals surface area (Å²) in [5, 5.41) is 21.2. The summed E-state index contributed by atoms with van der Waals surface area (Å²) in [7, 11) is 0. The Hall–Kier alpha value is -2.21. The summed E-state index contributed by atoms with van der Waals surface area (Å²) in [5.74, 6) is -0.0905. The molecule has 3 rings (SSSR count). The zero-order valence-corrected chi connectivity index (χ0v) is 14.0. The average Bonchev–Trinajstić information content (AvgIpc) is 3.09. The Balaban J connectivity index is 1.58. The summed E-state index contributed by atoms with van der Waals surface area (Å²) in [5.41, 5.74) is 1.12. The van der Waals surface area contributed by atoms with Crippen molar-refractivity contribution in [1.82, 2.24) is 20.3 Å². The van der Waals surface area contributed by atoms with Gasteiger partial charge in [0.2, 0.25) is 5.91 Å². The minimum absolute atomic E-state index is 0.0905. The fourth-order valence-electron chi connectivity index (χ4n) is 3.32. The van der Waals surface area contributed by atoms with Crippen LogP contribution < -0.4 is 5.32 Å². The Morgan fingerprint density at radius 2 is 2.00 bits per heavy atom. The maximum atomic E-state index is 12.3. The van der Waals surface area contributed by atoms with Crippen LogP contribution >= 0.6 is 0 Å². The number of hydrogen-bond acceptors (Lipinski definition) is 4. The normalized spacial score (nSPS) is 18.1. The molecule has 0 bridgehead atoms. The Labute approximate surface area is 141 Å². The van der Waals surface area contributed by atoms with Gasteiger partial charge in [-0.15, -0.1) is 5.10 Å². The van der Waals surface area contributed by atoms with Gasteiger partial charge in [0.05, 0.1) is 36.1 Å². The maximum absolute atomic E-state index is 12.3. The number of aliphatic hydroxyl groups is 1. The first-order valence-electron chi connectivity index (χ1n) is 8.54. The molecule has 1 saturated carbocycles. The SMILES string of the molecule is CC(NC(=O)CC1(O)CCCCC1)c1ccc(-n2ccnn2)cc1. The number of benzene rings is 1. The summed E-state index contributed by atoms with van der Waals surface area (Å²) in [6.45, 7) is 1.95. The first-order chi connectivity index (χ1) is 11.6. The third-order valence-electron chi connectivity index (χ3n) is 4.73. The van der Waals surface area contributed by atoms with Crippen LogP contribution in [-0.4, -0.2) is 31.6 Å². The molecule has 2 aromatic rings. The molecule has 1 heterocycles. The van der Waals surface area contributed by atoms with Crippen molar-refractivity contribution in [3.05, 3.63) is 42.2 Å². The smallest absolute Gasteiger partial charge is 0.223 e. The van der Waals surface area contributed by atoms with E-state index in [-0.39, 0.29) is 18.4 Å². The predicted octanol–water partition coefficient (Wildman–Crippen LogP) is 2.53. The molecule has 1 fully saturated rings. The van der Waals surface area contributed by atoms with Gasteiger partial charge in [-0.1, -0.05) is 36.6 Å². The number of hydrogen-bond donors (Lipinski definition) is 2. The zero-order valence-electron chi connectivity index (χ0n) is 14.0. The number of carbonyl (C=O) groups is 1. The molecular formula is C18H24N4O2. The monoisotopic (exact) mass is 328 g/mol. The molecule has 0 spiro atoms. The van der Waals surface area contributed by atoms with E-state index < -0.39 is 5.60 Å². The first kappa shape index (κ1) is 16.6. The third-order valence-corrected chi connectivity index (χ3v) is 4.73. The summed E-state index contributed by atoms with van der Waals surface area (Å²) < 4.78 is 1.69. The summed E-state index contributed by atoms with van der Waals surface area (Å²) in [6, 6.07) is 7.73. The summed E-state index contributed by atoms with van der Waals surface area (Å²) in [4.78, 5) is 12.3. The van der Waals surface area contributed by atoms with Gasteiger partial charge in [-0.3, -0.25) is 4.79 Å². The van der Waals surface area contributed by atoms with Gasteiger partial charge in [-0.25, -0.2) is 4.68 Å². The first-order valence-corrected chi connectivity index (χ1v) is 8.54. The van der Waals surface area contributed by atoms with E-state index in [0.717, 1.165) is 43.4 Å². The van der Waals surface area contributed by atoms with Crippen molar-refractivity contribution in [3.8, 4) is 5.69 Å². The average molecular weight is 328 g/mol. The highest BCUT2D eigenvalue weighted by Crippen LogP contribution is 2.31. The maximum Gasteiger partial charge on any atom is 0.223 e. The lowest BCUT2D eigenvalue weighted by atomic mass is 9.82. The van der Waals surface area contributed by atoms with Crippen LogP contribution in [0.1, 0.15) is 57.1 Å². The van der Waals surface area contributed by atoms with Crippen molar-refractivity contribution in [2.24, 2.45) is 0 Å². The van der Waals surface area contributed by atoms with Gasteiger partial charge < -0.3 is 10.4 Å². The standard InChI is InChI=1S/C18H24N4O2/c1-14(20-17(23)13-18(24)9-3-2-4-10-18)15-5-7-16(8-6-15)22-12-11-19-21-22/h5-8,11-12,14,24H,2-4,9-10,13H2,1H3,(H,20,23). The van der Waals surface area contributed by atoms with E-state index in [4.69, 9.17) is 0 Å².